The van der Waals surface area contributed by atoms with Gasteiger partial charge in [0, 0.05) is 16.7 Å². The summed E-state index contributed by atoms with van der Waals surface area (Å²) in [7, 11) is 0. The molecule has 0 aliphatic heterocycles. The maximum Gasteiger partial charge on any atom is 0.160 e. The van der Waals surface area contributed by atoms with Gasteiger partial charge in [0.2, 0.25) is 0 Å². The molecule has 0 saturated carbocycles. The molecule has 3 spiro atoms. The molecule has 2 nitrogen and oxygen atoms in total. The summed E-state index contributed by atoms with van der Waals surface area (Å²) in [5, 5.41) is 0. The summed E-state index contributed by atoms with van der Waals surface area (Å²) in [6.45, 7) is 0. The maximum absolute atomic E-state index is 5.76. The molecule has 0 radical (unpaired) electrons. The smallest absolute Gasteiger partial charge is 0.160 e. The summed E-state index contributed by atoms with van der Waals surface area (Å²) in [5.41, 5.74) is 34.5. The number of fused-ring (bicyclic) bond motifs is 30. The molecule has 2 heteroatoms. The molecule has 81 heavy (non-hydrogen) atoms. The van der Waals surface area contributed by atoms with E-state index in [1.807, 2.05) is 0 Å². The first-order valence-corrected chi connectivity index (χ1v) is 28.4. The van der Waals surface area contributed by atoms with E-state index in [0.717, 1.165) is 28.1 Å². The second-order valence-corrected chi connectivity index (χ2v) is 22.9. The standard InChI is InChI=1S/C79H46N2/c1-10-28-62-50(19-1)51-20-2-11-29-63(51)77(62)70-36-18-9-27-58(70)61-43-47(39-42-71(61)77)74-46-75(48-37-40-59-56-25-7-16-34-68(56)78(72(59)44-48)64-30-12-3-21-52(64)53-22-4-13-31-65(53)78)81-76(80-74)49-38-41-60-57-26-8-17-35-69(57)79(73(60)45-49)66-32-14-5-23-54(66)55-24-6-15-33-67(55)79/h1-46H. The first kappa shape index (κ1) is 43.7. The van der Waals surface area contributed by atoms with Crippen molar-refractivity contribution in [3.8, 4) is 101 Å². The molecule has 0 bridgehead atoms. The van der Waals surface area contributed by atoms with Crippen LogP contribution in [0.4, 0.5) is 0 Å². The zero-order chi connectivity index (χ0) is 52.8. The summed E-state index contributed by atoms with van der Waals surface area (Å²) in [4.78, 5) is 11.5. The van der Waals surface area contributed by atoms with Gasteiger partial charge in [-0.25, -0.2) is 9.97 Å². The Kier molecular flexibility index (Phi) is 8.36. The molecule has 0 unspecified atom stereocenters. The van der Waals surface area contributed by atoms with Gasteiger partial charge in [0.05, 0.1) is 27.6 Å². The molecule has 0 atom stereocenters. The normalized spacial score (nSPS) is 15.0. The third-order valence-corrected chi connectivity index (χ3v) is 19.6. The van der Waals surface area contributed by atoms with E-state index >= 15 is 0 Å². The van der Waals surface area contributed by atoms with Gasteiger partial charge in [0.1, 0.15) is 0 Å². The summed E-state index contributed by atoms with van der Waals surface area (Å²) >= 11 is 0. The third kappa shape index (κ3) is 5.21. The van der Waals surface area contributed by atoms with Crippen LogP contribution in [0.15, 0.2) is 279 Å². The molecular weight excluding hydrogens is 977 g/mol. The molecule has 1 aromatic heterocycles. The van der Waals surface area contributed by atoms with Crippen LogP contribution in [0.2, 0.25) is 0 Å². The summed E-state index contributed by atoms with van der Waals surface area (Å²) in [6.07, 6.45) is 0. The van der Waals surface area contributed by atoms with E-state index in [0.29, 0.717) is 5.82 Å². The van der Waals surface area contributed by atoms with Crippen molar-refractivity contribution in [3.63, 3.8) is 0 Å². The summed E-state index contributed by atoms with van der Waals surface area (Å²) in [5.74, 6) is 0.696. The van der Waals surface area contributed by atoms with Gasteiger partial charge in [-0.2, -0.15) is 0 Å². The van der Waals surface area contributed by atoms with Crippen LogP contribution >= 0.6 is 0 Å². The first-order chi connectivity index (χ1) is 40.2. The third-order valence-electron chi connectivity index (χ3n) is 19.6. The van der Waals surface area contributed by atoms with Crippen LogP contribution in [0.1, 0.15) is 66.8 Å². The number of benzene rings is 12. The van der Waals surface area contributed by atoms with Crippen LogP contribution in [-0.2, 0) is 16.2 Å². The molecule has 0 fully saturated rings. The van der Waals surface area contributed by atoms with E-state index in [1.54, 1.807) is 0 Å². The lowest BCUT2D eigenvalue weighted by molar-refractivity contribution is 0.793. The van der Waals surface area contributed by atoms with E-state index < -0.39 is 16.2 Å². The molecular formula is C79H46N2. The lowest BCUT2D eigenvalue weighted by Gasteiger charge is -2.30. The monoisotopic (exact) mass is 1020 g/mol. The predicted octanol–water partition coefficient (Wildman–Crippen LogP) is 18.5. The lowest BCUT2D eigenvalue weighted by atomic mass is 9.70. The number of nitrogens with zero attached hydrogens (tertiary/aromatic N) is 2. The molecule has 19 rings (SSSR count). The van der Waals surface area contributed by atoms with Gasteiger partial charge in [-0.05, 0) is 158 Å². The van der Waals surface area contributed by atoms with Gasteiger partial charge < -0.3 is 0 Å². The highest BCUT2D eigenvalue weighted by molar-refractivity contribution is 6.00. The highest BCUT2D eigenvalue weighted by Crippen LogP contribution is 2.66. The van der Waals surface area contributed by atoms with E-state index in [1.165, 1.54) is 134 Å². The average molecular weight is 1020 g/mol. The van der Waals surface area contributed by atoms with Crippen molar-refractivity contribution < 1.29 is 0 Å². The SMILES string of the molecule is c1ccc2c(c1)-c1ccccc1C21c2ccccc2-c2cc(-c3cc(-c4ccc5c(c4)C4(c6ccccc6-c6ccccc64)c4ccccc4-5)nc(-c4ccc5c(c4)C4(c6ccccc6-c6ccccc64)c4ccccc4-5)n3)ccc21. The summed E-state index contributed by atoms with van der Waals surface area (Å²) < 4.78 is 0. The first-order valence-electron chi connectivity index (χ1n) is 28.4. The molecule has 6 aliphatic carbocycles. The van der Waals surface area contributed by atoms with Crippen LogP contribution in [0.25, 0.3) is 101 Å². The van der Waals surface area contributed by atoms with Crippen molar-refractivity contribution in [2.75, 3.05) is 0 Å². The Bertz CT molecular complexity index is 4590. The topological polar surface area (TPSA) is 25.8 Å². The Labute approximate surface area is 470 Å². The van der Waals surface area contributed by atoms with Gasteiger partial charge >= 0.3 is 0 Å². The number of aromatic nitrogens is 2. The molecule has 1 heterocycles. The van der Waals surface area contributed by atoms with E-state index in [9.17, 15) is 0 Å². The van der Waals surface area contributed by atoms with E-state index in [-0.39, 0.29) is 0 Å². The fourth-order valence-corrected chi connectivity index (χ4v) is 16.6. The fraction of sp³-hybridized carbons (Fsp3) is 0.0380. The Balaban J connectivity index is 0.859. The molecule has 0 amide bonds. The molecule has 13 aromatic rings. The van der Waals surface area contributed by atoms with Crippen molar-refractivity contribution in [3.05, 3.63) is 346 Å². The van der Waals surface area contributed by atoms with Gasteiger partial charge in [-0.3, -0.25) is 0 Å². The van der Waals surface area contributed by atoms with Crippen LogP contribution in [-0.4, -0.2) is 9.97 Å². The largest absolute Gasteiger partial charge is 0.228 e. The van der Waals surface area contributed by atoms with E-state index in [4.69, 9.17) is 9.97 Å². The minimum absolute atomic E-state index is 0.440. The minimum atomic E-state index is -0.506. The van der Waals surface area contributed by atoms with Gasteiger partial charge in [-0.1, -0.05) is 255 Å². The second-order valence-electron chi connectivity index (χ2n) is 22.9. The van der Waals surface area contributed by atoms with Crippen molar-refractivity contribution in [2.45, 2.75) is 16.2 Å². The number of hydrogen-bond acceptors (Lipinski definition) is 2. The summed E-state index contributed by atoms with van der Waals surface area (Å²) in [6, 6.07) is 105. The minimum Gasteiger partial charge on any atom is -0.228 e. The quantitative estimate of drug-likeness (QED) is 0.176. The van der Waals surface area contributed by atoms with Crippen LogP contribution in [0, 0.1) is 0 Å². The highest BCUT2D eigenvalue weighted by Gasteiger charge is 2.54. The predicted molar refractivity (Wildman–Crippen MR) is 327 cm³/mol. The van der Waals surface area contributed by atoms with Crippen molar-refractivity contribution >= 4 is 0 Å². The van der Waals surface area contributed by atoms with Crippen LogP contribution in [0.5, 0.6) is 0 Å². The molecule has 372 valence electrons. The van der Waals surface area contributed by atoms with Gasteiger partial charge in [0.25, 0.3) is 0 Å². The van der Waals surface area contributed by atoms with E-state index in [2.05, 4.69) is 279 Å². The van der Waals surface area contributed by atoms with Crippen molar-refractivity contribution in [1.82, 2.24) is 9.97 Å². The average Bonchev–Trinajstić information content (AvgIpc) is 2.16. The molecule has 0 N–H and O–H groups in total. The van der Waals surface area contributed by atoms with Crippen LogP contribution < -0.4 is 0 Å². The second kappa shape index (κ2) is 15.5. The fourth-order valence-electron chi connectivity index (χ4n) is 16.6. The maximum atomic E-state index is 5.76. The Morgan fingerprint density at radius 3 is 0.753 bits per heavy atom. The Morgan fingerprint density at radius 2 is 0.407 bits per heavy atom. The van der Waals surface area contributed by atoms with Crippen molar-refractivity contribution in [1.29, 1.82) is 0 Å². The molecule has 6 aliphatic rings. The number of hydrogen-bond donors (Lipinski definition) is 0. The highest BCUT2D eigenvalue weighted by atomic mass is 14.9. The van der Waals surface area contributed by atoms with Crippen molar-refractivity contribution in [2.24, 2.45) is 0 Å². The molecule has 0 saturated heterocycles. The Morgan fingerprint density at radius 1 is 0.173 bits per heavy atom. The van der Waals surface area contributed by atoms with Gasteiger partial charge in [0.15, 0.2) is 5.82 Å². The Hall–Kier alpha value is -10.3. The lowest BCUT2D eigenvalue weighted by Crippen LogP contribution is -2.26. The number of rotatable bonds is 3. The molecule has 12 aromatic carbocycles. The van der Waals surface area contributed by atoms with Gasteiger partial charge in [-0.15, -0.1) is 0 Å². The zero-order valence-corrected chi connectivity index (χ0v) is 44.0. The van der Waals surface area contributed by atoms with Crippen LogP contribution in [0.3, 0.4) is 0 Å². The zero-order valence-electron chi connectivity index (χ0n) is 44.0.